The van der Waals surface area contributed by atoms with Crippen molar-refractivity contribution >= 4 is 23.6 Å². The third-order valence-corrected chi connectivity index (χ3v) is 5.77. The van der Waals surface area contributed by atoms with Crippen molar-refractivity contribution in [1.82, 2.24) is 10.6 Å². The lowest BCUT2D eigenvalue weighted by molar-refractivity contribution is -0.147. The minimum atomic E-state index is -0.548. The van der Waals surface area contributed by atoms with Gasteiger partial charge in [0.05, 0.1) is 11.6 Å². The van der Waals surface area contributed by atoms with Crippen LogP contribution in [0.15, 0.2) is 35.5 Å². The molecular weight excluding hydrogens is 352 g/mol. The highest BCUT2D eigenvalue weighted by molar-refractivity contribution is 6.30. The lowest BCUT2D eigenvalue weighted by atomic mass is 9.80. The van der Waals surface area contributed by atoms with E-state index in [1.165, 1.54) is 0 Å². The molecule has 0 spiro atoms. The lowest BCUT2D eigenvalue weighted by Crippen LogP contribution is -2.45. The number of hydrogen-bond donors (Lipinski definition) is 2. The zero-order valence-corrected chi connectivity index (χ0v) is 16.1. The minimum absolute atomic E-state index is 0.0718. The topological polar surface area (TPSA) is 67.4 Å². The number of rotatable bonds is 3. The Hall–Kier alpha value is -2.01. The third kappa shape index (κ3) is 4.04. The summed E-state index contributed by atoms with van der Waals surface area (Å²) in [5, 5.41) is 6.09. The van der Waals surface area contributed by atoms with Crippen molar-refractivity contribution in [3.8, 4) is 0 Å². The molecular formula is C20H25ClN2O3. The molecule has 3 rings (SSSR count). The van der Waals surface area contributed by atoms with Gasteiger partial charge in [-0.2, -0.15) is 0 Å². The molecule has 0 aromatic heterocycles. The summed E-state index contributed by atoms with van der Waals surface area (Å²) < 4.78 is 5.82. The number of carbonyl (C=O) groups is 2. The second kappa shape index (κ2) is 7.70. The summed E-state index contributed by atoms with van der Waals surface area (Å²) in [6.07, 6.45) is 2.75. The Kier molecular flexibility index (Phi) is 5.56. The molecule has 0 bridgehead atoms. The van der Waals surface area contributed by atoms with E-state index in [2.05, 4.69) is 24.5 Å². The fourth-order valence-electron chi connectivity index (χ4n) is 3.69. The zero-order chi connectivity index (χ0) is 18.8. The number of amides is 2. The normalized spacial score (nSPS) is 29.0. The minimum Gasteiger partial charge on any atom is -0.459 e. The molecule has 1 aromatic rings. The summed E-state index contributed by atoms with van der Waals surface area (Å²) in [6.45, 7) is 6.17. The molecule has 0 radical (unpaired) electrons. The number of halogens is 1. The smallest absolute Gasteiger partial charge is 0.338 e. The number of urea groups is 1. The molecule has 1 fully saturated rings. The number of carbonyl (C=O) groups excluding carboxylic acids is 2. The van der Waals surface area contributed by atoms with Gasteiger partial charge in [0.2, 0.25) is 0 Å². The molecule has 140 valence electrons. The van der Waals surface area contributed by atoms with Crippen molar-refractivity contribution in [3.05, 3.63) is 46.1 Å². The van der Waals surface area contributed by atoms with Gasteiger partial charge in [-0.3, -0.25) is 0 Å². The van der Waals surface area contributed by atoms with Crippen molar-refractivity contribution in [1.29, 1.82) is 0 Å². The standard InChI is InChI=1S/C20H25ClN2O3/c1-11-4-9-16(10-12(11)2)26-19(24)17-13(3)22-20(25)23-18(17)14-5-7-15(21)8-6-14/h5-8,11-12,16,18H,4,9-10H2,1-3H3,(H2,22,23,25)/t11-,12+,16-,18+/m0/s1. The van der Waals surface area contributed by atoms with Gasteiger partial charge in [0.15, 0.2) is 0 Å². The molecule has 1 aliphatic heterocycles. The van der Waals surface area contributed by atoms with Gasteiger partial charge < -0.3 is 15.4 Å². The van der Waals surface area contributed by atoms with Crippen LogP contribution in [-0.4, -0.2) is 18.1 Å². The molecule has 5 nitrogen and oxygen atoms in total. The zero-order valence-electron chi connectivity index (χ0n) is 15.3. The summed E-state index contributed by atoms with van der Waals surface area (Å²) in [6, 6.07) is 6.22. The van der Waals surface area contributed by atoms with Gasteiger partial charge in [-0.1, -0.05) is 37.6 Å². The first-order valence-corrected chi connectivity index (χ1v) is 9.47. The predicted octanol–water partition coefficient (Wildman–Crippen LogP) is 4.34. The summed E-state index contributed by atoms with van der Waals surface area (Å²) >= 11 is 5.96. The molecule has 26 heavy (non-hydrogen) atoms. The molecule has 1 aliphatic carbocycles. The van der Waals surface area contributed by atoms with E-state index < -0.39 is 6.04 Å². The fourth-order valence-corrected chi connectivity index (χ4v) is 3.82. The van der Waals surface area contributed by atoms with E-state index in [-0.39, 0.29) is 18.1 Å². The number of allylic oxidation sites excluding steroid dienone is 1. The second-order valence-electron chi connectivity index (χ2n) is 7.42. The first kappa shape index (κ1) is 18.8. The van der Waals surface area contributed by atoms with Gasteiger partial charge in [-0.25, -0.2) is 9.59 Å². The molecule has 0 saturated heterocycles. The summed E-state index contributed by atoms with van der Waals surface area (Å²) in [7, 11) is 0. The van der Waals surface area contributed by atoms with E-state index >= 15 is 0 Å². The van der Waals surface area contributed by atoms with Crippen LogP contribution in [0, 0.1) is 11.8 Å². The van der Waals surface area contributed by atoms with Crippen LogP contribution in [0.2, 0.25) is 5.02 Å². The van der Waals surface area contributed by atoms with Crippen LogP contribution in [0.25, 0.3) is 0 Å². The second-order valence-corrected chi connectivity index (χ2v) is 7.85. The van der Waals surface area contributed by atoms with E-state index in [0.29, 0.717) is 28.1 Å². The summed E-state index contributed by atoms with van der Waals surface area (Å²) in [4.78, 5) is 24.9. The first-order chi connectivity index (χ1) is 12.3. The van der Waals surface area contributed by atoms with Crippen LogP contribution >= 0.6 is 11.6 Å². The van der Waals surface area contributed by atoms with Crippen molar-refractivity contribution in [2.24, 2.45) is 11.8 Å². The number of esters is 1. The monoisotopic (exact) mass is 376 g/mol. The Morgan fingerprint density at radius 2 is 1.85 bits per heavy atom. The van der Waals surface area contributed by atoms with Gasteiger partial charge in [-0.15, -0.1) is 0 Å². The number of nitrogens with one attached hydrogen (secondary N) is 2. The molecule has 2 aliphatic rings. The van der Waals surface area contributed by atoms with Gasteiger partial charge in [-0.05, 0) is 55.7 Å². The Bertz CT molecular complexity index is 729. The Morgan fingerprint density at radius 1 is 1.15 bits per heavy atom. The first-order valence-electron chi connectivity index (χ1n) is 9.10. The highest BCUT2D eigenvalue weighted by Crippen LogP contribution is 2.33. The van der Waals surface area contributed by atoms with Crippen molar-refractivity contribution in [3.63, 3.8) is 0 Å². The van der Waals surface area contributed by atoms with Crippen molar-refractivity contribution in [2.45, 2.75) is 52.2 Å². The Balaban J connectivity index is 1.82. The molecule has 4 atom stereocenters. The maximum absolute atomic E-state index is 12.9. The summed E-state index contributed by atoms with van der Waals surface area (Å²) in [5.74, 6) is 0.818. The third-order valence-electron chi connectivity index (χ3n) is 5.52. The van der Waals surface area contributed by atoms with Crippen LogP contribution in [0.1, 0.15) is 51.6 Å². The maximum Gasteiger partial charge on any atom is 0.338 e. The fraction of sp³-hybridized carbons (Fsp3) is 0.500. The van der Waals surface area contributed by atoms with Crippen LogP contribution in [-0.2, 0) is 9.53 Å². The van der Waals surface area contributed by atoms with E-state index in [1.54, 1.807) is 19.1 Å². The average molecular weight is 377 g/mol. The van der Waals surface area contributed by atoms with E-state index in [9.17, 15) is 9.59 Å². The molecule has 6 heteroatoms. The SMILES string of the molecule is CC1=C(C(=O)O[C@H]2CC[C@H](C)[C@H](C)C2)[C@@H](c2ccc(Cl)cc2)NC(=O)N1. The van der Waals surface area contributed by atoms with E-state index in [1.807, 2.05) is 12.1 Å². The van der Waals surface area contributed by atoms with Gasteiger partial charge >= 0.3 is 12.0 Å². The molecule has 1 aromatic carbocycles. The molecule has 2 amide bonds. The largest absolute Gasteiger partial charge is 0.459 e. The number of benzene rings is 1. The van der Waals surface area contributed by atoms with Gasteiger partial charge in [0, 0.05) is 10.7 Å². The van der Waals surface area contributed by atoms with Crippen LogP contribution in [0.4, 0.5) is 4.79 Å². The number of ether oxygens (including phenoxy) is 1. The van der Waals surface area contributed by atoms with Crippen LogP contribution < -0.4 is 10.6 Å². The van der Waals surface area contributed by atoms with Crippen molar-refractivity contribution in [2.75, 3.05) is 0 Å². The predicted molar refractivity (Wildman–Crippen MR) is 101 cm³/mol. The van der Waals surface area contributed by atoms with Gasteiger partial charge in [0.25, 0.3) is 0 Å². The lowest BCUT2D eigenvalue weighted by Gasteiger charge is -2.33. The summed E-state index contributed by atoms with van der Waals surface area (Å²) in [5.41, 5.74) is 1.76. The van der Waals surface area contributed by atoms with E-state index in [0.717, 1.165) is 24.8 Å². The van der Waals surface area contributed by atoms with E-state index in [4.69, 9.17) is 16.3 Å². The highest BCUT2D eigenvalue weighted by atomic mass is 35.5. The Morgan fingerprint density at radius 3 is 2.50 bits per heavy atom. The van der Waals surface area contributed by atoms with Crippen molar-refractivity contribution < 1.29 is 14.3 Å². The highest BCUT2D eigenvalue weighted by Gasteiger charge is 2.34. The maximum atomic E-state index is 12.9. The molecule has 2 N–H and O–H groups in total. The molecule has 1 saturated carbocycles. The van der Waals surface area contributed by atoms with Crippen LogP contribution in [0.5, 0.6) is 0 Å². The average Bonchev–Trinajstić information content (AvgIpc) is 2.58. The number of hydrogen-bond acceptors (Lipinski definition) is 3. The molecule has 1 heterocycles. The van der Waals surface area contributed by atoms with Gasteiger partial charge in [0.1, 0.15) is 6.10 Å². The Labute approximate surface area is 159 Å². The molecule has 0 unspecified atom stereocenters. The van der Waals surface area contributed by atoms with Crippen LogP contribution in [0.3, 0.4) is 0 Å². The quantitative estimate of drug-likeness (QED) is 0.771.